The number of carbonyl (C=O) groups excluding carboxylic acids is 2. The summed E-state index contributed by atoms with van der Waals surface area (Å²) < 4.78 is 7.46. The number of likely N-dealkylation sites (tertiary alicyclic amines) is 2. The minimum Gasteiger partial charge on any atom is -0.465 e. The SMILES string of the molecule is CCOC(=O)CN1CCCCC1C(=O)N1CCCC[C@H]1CCc1cc2ccc(C#N)cc2n1CC. The second-order valence-corrected chi connectivity index (χ2v) is 9.77. The van der Waals surface area contributed by atoms with Gasteiger partial charge < -0.3 is 14.2 Å². The zero-order chi connectivity index (χ0) is 24.8. The van der Waals surface area contributed by atoms with E-state index in [0.29, 0.717) is 12.2 Å². The number of hydrogen-bond acceptors (Lipinski definition) is 5. The van der Waals surface area contributed by atoms with Gasteiger partial charge in [0.15, 0.2) is 0 Å². The molecular formula is C28H38N4O3. The molecule has 3 heterocycles. The van der Waals surface area contributed by atoms with Gasteiger partial charge in [-0.3, -0.25) is 14.5 Å². The van der Waals surface area contributed by atoms with Crippen LogP contribution in [-0.2, 0) is 27.3 Å². The Bertz CT molecular complexity index is 1090. The molecular weight excluding hydrogens is 440 g/mol. The second-order valence-electron chi connectivity index (χ2n) is 9.77. The summed E-state index contributed by atoms with van der Waals surface area (Å²) in [7, 11) is 0. The Morgan fingerprint density at radius 2 is 1.89 bits per heavy atom. The molecule has 7 nitrogen and oxygen atoms in total. The van der Waals surface area contributed by atoms with Crippen molar-refractivity contribution in [1.82, 2.24) is 14.4 Å². The van der Waals surface area contributed by atoms with Crippen LogP contribution in [0, 0.1) is 11.3 Å². The smallest absolute Gasteiger partial charge is 0.320 e. The molecule has 2 aliphatic heterocycles. The van der Waals surface area contributed by atoms with E-state index in [4.69, 9.17) is 4.74 Å². The molecule has 1 amide bonds. The molecule has 0 bridgehead atoms. The number of aryl methyl sites for hydroxylation is 2. The van der Waals surface area contributed by atoms with Crippen molar-refractivity contribution >= 4 is 22.8 Å². The largest absolute Gasteiger partial charge is 0.465 e. The van der Waals surface area contributed by atoms with Gasteiger partial charge in [-0.15, -0.1) is 0 Å². The number of nitrogens with zero attached hydrogens (tertiary/aromatic N) is 4. The van der Waals surface area contributed by atoms with Gasteiger partial charge >= 0.3 is 5.97 Å². The van der Waals surface area contributed by atoms with Gasteiger partial charge in [0, 0.05) is 30.3 Å². The average Bonchev–Trinajstić information content (AvgIpc) is 3.24. The van der Waals surface area contributed by atoms with Gasteiger partial charge in [0.2, 0.25) is 5.91 Å². The Kier molecular flexibility index (Phi) is 8.46. The van der Waals surface area contributed by atoms with E-state index in [1.807, 2.05) is 30.0 Å². The van der Waals surface area contributed by atoms with Crippen LogP contribution in [0.2, 0.25) is 0 Å². The summed E-state index contributed by atoms with van der Waals surface area (Å²) in [5.74, 6) is -0.0530. The maximum atomic E-state index is 13.8. The molecule has 0 N–H and O–H groups in total. The molecule has 2 aromatic rings. The molecule has 4 rings (SSSR count). The molecule has 7 heteroatoms. The molecule has 1 unspecified atom stereocenters. The van der Waals surface area contributed by atoms with Gasteiger partial charge in [-0.2, -0.15) is 5.26 Å². The van der Waals surface area contributed by atoms with E-state index in [1.54, 1.807) is 0 Å². The second kappa shape index (κ2) is 11.7. The maximum absolute atomic E-state index is 13.8. The van der Waals surface area contributed by atoms with Crippen LogP contribution >= 0.6 is 0 Å². The third-order valence-electron chi connectivity index (χ3n) is 7.62. The van der Waals surface area contributed by atoms with Crippen molar-refractivity contribution in [2.24, 2.45) is 0 Å². The number of esters is 1. The summed E-state index contributed by atoms with van der Waals surface area (Å²) in [6.45, 7) is 6.95. The Morgan fingerprint density at radius 3 is 2.66 bits per heavy atom. The highest BCUT2D eigenvalue weighted by Crippen LogP contribution is 2.28. The first kappa shape index (κ1) is 25.2. The zero-order valence-electron chi connectivity index (χ0n) is 21.2. The monoisotopic (exact) mass is 478 g/mol. The van der Waals surface area contributed by atoms with Crippen LogP contribution in [0.15, 0.2) is 24.3 Å². The summed E-state index contributed by atoms with van der Waals surface area (Å²) in [6, 6.07) is 10.4. The summed E-state index contributed by atoms with van der Waals surface area (Å²) in [4.78, 5) is 30.1. The molecule has 1 aromatic heterocycles. The summed E-state index contributed by atoms with van der Waals surface area (Å²) in [6.07, 6.45) is 7.89. The Hall–Kier alpha value is -2.85. The number of carbonyl (C=O) groups is 2. The van der Waals surface area contributed by atoms with Crippen LogP contribution < -0.4 is 0 Å². The number of piperidine rings is 2. The minimum atomic E-state index is -0.241. The van der Waals surface area contributed by atoms with Crippen LogP contribution in [0.25, 0.3) is 10.9 Å². The van der Waals surface area contributed by atoms with Crippen LogP contribution in [0.3, 0.4) is 0 Å². The standard InChI is InChI=1S/C28H38N4O3/c1-3-31-24(18-22-12-11-21(19-29)17-26(22)31)14-13-23-9-5-8-16-32(23)28(34)25-10-6-7-15-30(25)20-27(33)35-4-2/h11-12,17-18,23,25H,3-10,13-16,20H2,1-2H3/t23-,25?/m0/s1. The first-order chi connectivity index (χ1) is 17.0. The normalized spacial score (nSPS) is 21.1. The lowest BCUT2D eigenvalue weighted by molar-refractivity contribution is -0.149. The van der Waals surface area contributed by atoms with E-state index >= 15 is 0 Å². The lowest BCUT2D eigenvalue weighted by atomic mass is 9.94. The number of fused-ring (bicyclic) bond motifs is 1. The fourth-order valence-corrected chi connectivity index (χ4v) is 5.89. The summed E-state index contributed by atoms with van der Waals surface area (Å²) in [5.41, 5.74) is 3.05. The molecule has 2 fully saturated rings. The fourth-order valence-electron chi connectivity index (χ4n) is 5.89. The molecule has 0 radical (unpaired) electrons. The number of aromatic nitrogens is 1. The quantitative estimate of drug-likeness (QED) is 0.530. The number of amides is 1. The fraction of sp³-hybridized carbons (Fsp3) is 0.607. The van der Waals surface area contributed by atoms with Crippen LogP contribution in [-0.4, -0.2) is 64.6 Å². The van der Waals surface area contributed by atoms with Gasteiger partial charge in [-0.05, 0) is 88.9 Å². The molecule has 0 aliphatic carbocycles. The highest BCUT2D eigenvalue weighted by atomic mass is 16.5. The van der Waals surface area contributed by atoms with Crippen LogP contribution in [0.4, 0.5) is 0 Å². The number of ether oxygens (including phenoxy) is 1. The van der Waals surface area contributed by atoms with Crippen molar-refractivity contribution in [1.29, 1.82) is 5.26 Å². The van der Waals surface area contributed by atoms with E-state index in [9.17, 15) is 14.9 Å². The van der Waals surface area contributed by atoms with Crippen molar-refractivity contribution in [2.75, 3.05) is 26.2 Å². The van der Waals surface area contributed by atoms with E-state index in [1.165, 1.54) is 5.69 Å². The Morgan fingerprint density at radius 1 is 1.09 bits per heavy atom. The summed E-state index contributed by atoms with van der Waals surface area (Å²) >= 11 is 0. The van der Waals surface area contributed by atoms with Crippen LogP contribution in [0.5, 0.6) is 0 Å². The molecule has 1 aromatic carbocycles. The first-order valence-electron chi connectivity index (χ1n) is 13.3. The van der Waals surface area contributed by atoms with Gasteiger partial charge in [0.25, 0.3) is 0 Å². The topological polar surface area (TPSA) is 78.6 Å². The number of hydrogen-bond donors (Lipinski definition) is 0. The minimum absolute atomic E-state index is 0.188. The van der Waals surface area contributed by atoms with Crippen molar-refractivity contribution in [3.05, 3.63) is 35.5 Å². The van der Waals surface area contributed by atoms with Crippen molar-refractivity contribution in [3.63, 3.8) is 0 Å². The van der Waals surface area contributed by atoms with Gasteiger partial charge in [-0.1, -0.05) is 12.5 Å². The Labute approximate surface area is 208 Å². The van der Waals surface area contributed by atoms with Crippen molar-refractivity contribution in [3.8, 4) is 6.07 Å². The maximum Gasteiger partial charge on any atom is 0.320 e. The van der Waals surface area contributed by atoms with E-state index < -0.39 is 0 Å². The number of rotatable bonds is 8. The van der Waals surface area contributed by atoms with E-state index in [-0.39, 0.29) is 30.5 Å². The zero-order valence-corrected chi connectivity index (χ0v) is 21.2. The molecule has 0 spiro atoms. The molecule has 188 valence electrons. The van der Waals surface area contributed by atoms with Crippen molar-refractivity contribution in [2.45, 2.75) is 83.8 Å². The molecule has 2 saturated heterocycles. The molecule has 2 aliphatic rings. The molecule has 0 saturated carbocycles. The molecule has 2 atom stereocenters. The predicted octanol–water partition coefficient (Wildman–Crippen LogP) is 4.26. The van der Waals surface area contributed by atoms with Gasteiger partial charge in [0.05, 0.1) is 30.8 Å². The third-order valence-corrected chi connectivity index (χ3v) is 7.62. The highest BCUT2D eigenvalue weighted by Gasteiger charge is 2.36. The first-order valence-corrected chi connectivity index (χ1v) is 13.3. The lowest BCUT2D eigenvalue weighted by Crippen LogP contribution is -2.55. The third kappa shape index (κ3) is 5.70. The van der Waals surface area contributed by atoms with Crippen molar-refractivity contribution < 1.29 is 14.3 Å². The van der Waals surface area contributed by atoms with E-state index in [2.05, 4.69) is 28.5 Å². The Balaban J connectivity index is 1.47. The highest BCUT2D eigenvalue weighted by molar-refractivity contribution is 5.84. The average molecular weight is 479 g/mol. The van der Waals surface area contributed by atoms with E-state index in [0.717, 1.165) is 81.9 Å². The van der Waals surface area contributed by atoms with Gasteiger partial charge in [0.1, 0.15) is 0 Å². The van der Waals surface area contributed by atoms with Crippen LogP contribution in [0.1, 0.15) is 70.1 Å². The molecule has 35 heavy (non-hydrogen) atoms. The summed E-state index contributed by atoms with van der Waals surface area (Å²) in [5, 5.41) is 10.5. The predicted molar refractivity (Wildman–Crippen MR) is 136 cm³/mol. The lowest BCUT2D eigenvalue weighted by Gasteiger charge is -2.42. The van der Waals surface area contributed by atoms with Gasteiger partial charge in [-0.25, -0.2) is 0 Å². The number of nitriles is 1. The number of benzene rings is 1.